The van der Waals surface area contributed by atoms with Crippen molar-refractivity contribution in [1.29, 1.82) is 0 Å². The van der Waals surface area contributed by atoms with Crippen molar-refractivity contribution in [2.24, 2.45) is 17.8 Å². The van der Waals surface area contributed by atoms with Crippen LogP contribution in [0.3, 0.4) is 0 Å². The molecule has 2 heterocycles. The van der Waals surface area contributed by atoms with Gasteiger partial charge in [0, 0.05) is 68.0 Å². The maximum atomic E-state index is 14.9. The average molecular weight is 1480 g/mol. The van der Waals surface area contributed by atoms with Gasteiger partial charge in [0.2, 0.25) is 6.79 Å². The molecule has 0 aromatic heterocycles. The SMILES string of the molecule is CC/C=C\C/C=C\C/C=C\C/C=C\C/C=C\CCCC(=O)O.CC/C=C\C/C=C\C/C=C\C/C=C\C/C=C\CCCC(=O)OCOC(=O)/C=C1/CN(Cc2c(F)cccc2C(=O)C2CC2)CCC1SCOC.CC1CCN(Cc2c(F)cccc2C(=O)C2CC2)C/C1=C/[I-]COC=O. The Labute approximate surface area is 598 Å². The molecular formula is C81H108F2IN2O11S-. The first kappa shape index (κ1) is 83.8. The van der Waals surface area contributed by atoms with E-state index in [-0.39, 0.29) is 75.1 Å². The number of carbonyl (C=O) groups excluding carboxylic acids is 5. The molecule has 2 saturated heterocycles. The van der Waals surface area contributed by atoms with Crippen LogP contribution in [0.5, 0.6) is 0 Å². The van der Waals surface area contributed by atoms with Crippen molar-refractivity contribution in [1.82, 2.24) is 9.80 Å². The van der Waals surface area contributed by atoms with Crippen LogP contribution in [0.1, 0.15) is 194 Å². The topological polar surface area (TPSA) is 166 Å². The molecule has 0 spiro atoms. The summed E-state index contributed by atoms with van der Waals surface area (Å²) in [6.45, 7) is 10.0. The number of Topliss-reactive ketones (excluding diaryl/α,β-unsaturated/α-hetero) is 2. The van der Waals surface area contributed by atoms with Gasteiger partial charge in [0.05, 0.1) is 5.94 Å². The number of benzene rings is 2. The fourth-order valence-electron chi connectivity index (χ4n) is 10.4. The second-order valence-electron chi connectivity index (χ2n) is 24.4. The Hall–Kier alpha value is -6.64. The van der Waals surface area contributed by atoms with Gasteiger partial charge in [-0.3, -0.25) is 19.3 Å². The van der Waals surface area contributed by atoms with Crippen molar-refractivity contribution >= 4 is 47.7 Å². The van der Waals surface area contributed by atoms with Crippen molar-refractivity contribution in [2.75, 3.05) is 50.6 Å². The minimum absolute atomic E-state index is 0.00468. The van der Waals surface area contributed by atoms with Crippen LogP contribution in [0.15, 0.2) is 179 Å². The molecule has 0 amide bonds. The number of methoxy groups -OCH3 is 1. The number of carbonyl (C=O) groups is 6. The predicted molar refractivity (Wildman–Crippen MR) is 389 cm³/mol. The number of allylic oxidation sites excluding steroid dienone is 20. The minimum atomic E-state index is -0.715. The fourth-order valence-corrected chi connectivity index (χ4v) is 13.3. The molecule has 2 unspecified atom stereocenters. The second kappa shape index (κ2) is 53.3. The normalized spacial score (nSPS) is 18.1. The van der Waals surface area contributed by atoms with Gasteiger partial charge in [0.1, 0.15) is 5.82 Å². The molecule has 2 saturated carbocycles. The van der Waals surface area contributed by atoms with E-state index in [4.69, 9.17) is 24.1 Å². The van der Waals surface area contributed by atoms with Crippen LogP contribution in [-0.4, -0.2) is 107 Å². The molecule has 536 valence electrons. The van der Waals surface area contributed by atoms with E-state index in [1.165, 1.54) is 23.8 Å². The number of hydrogen-bond donors (Lipinski definition) is 1. The molecule has 2 atom stereocenters. The maximum absolute atomic E-state index is 14.9. The van der Waals surface area contributed by atoms with Gasteiger partial charge in [-0.1, -0.05) is 148 Å². The second-order valence-corrected chi connectivity index (χ2v) is 27.7. The van der Waals surface area contributed by atoms with Crippen LogP contribution in [-0.2, 0) is 51.2 Å². The monoisotopic (exact) mass is 1480 g/mol. The summed E-state index contributed by atoms with van der Waals surface area (Å²) in [6.07, 6.45) is 63.1. The first-order chi connectivity index (χ1) is 47.8. The Kier molecular flexibility index (Phi) is 45.6. The number of carboxylic acid groups (broad SMARTS) is 1. The van der Waals surface area contributed by atoms with E-state index in [9.17, 15) is 37.5 Å². The summed E-state index contributed by atoms with van der Waals surface area (Å²) >= 11 is 1.27. The number of thioether (sulfide) groups is 1. The Balaban J connectivity index is 0.000000353. The molecule has 17 heteroatoms. The number of nitrogens with zero attached hydrogens (tertiary/aromatic N) is 2. The Morgan fingerprint density at radius 1 is 0.582 bits per heavy atom. The van der Waals surface area contributed by atoms with E-state index in [2.05, 4.69) is 151 Å². The third-order valence-electron chi connectivity index (χ3n) is 16.2. The summed E-state index contributed by atoms with van der Waals surface area (Å²) in [6, 6.07) is 9.54. The molecule has 0 bridgehead atoms. The molecule has 1 N–H and O–H groups in total. The number of rotatable bonds is 44. The molecule has 0 radical (unpaired) electrons. The number of ether oxygens (including phenoxy) is 4. The number of alkyl halides is 1. The summed E-state index contributed by atoms with van der Waals surface area (Å²) in [5.74, 6) is -1.27. The Morgan fingerprint density at radius 2 is 1.02 bits per heavy atom. The van der Waals surface area contributed by atoms with E-state index < -0.39 is 30.5 Å². The number of hydrogen-bond acceptors (Lipinski definition) is 13. The van der Waals surface area contributed by atoms with E-state index in [1.54, 1.807) is 43.1 Å². The van der Waals surface area contributed by atoms with E-state index in [1.807, 2.05) is 4.90 Å². The summed E-state index contributed by atoms with van der Waals surface area (Å²) in [7, 11) is 1.62. The van der Waals surface area contributed by atoms with Crippen LogP contribution < -0.4 is 21.2 Å². The number of aliphatic carboxylic acids is 1. The Bertz CT molecular complexity index is 3100. The van der Waals surface area contributed by atoms with Crippen molar-refractivity contribution in [3.8, 4) is 0 Å². The van der Waals surface area contributed by atoms with Gasteiger partial charge in [-0.15, -0.1) is 11.8 Å². The molecule has 4 aliphatic rings. The van der Waals surface area contributed by atoms with Crippen molar-refractivity contribution in [2.45, 2.75) is 180 Å². The number of likely N-dealkylation sites (tertiary alicyclic amines) is 2. The van der Waals surface area contributed by atoms with Crippen molar-refractivity contribution in [3.05, 3.63) is 213 Å². The third-order valence-corrected chi connectivity index (χ3v) is 19.5. The zero-order valence-electron chi connectivity index (χ0n) is 58.4. The zero-order valence-corrected chi connectivity index (χ0v) is 61.4. The standard InChI is InChI=1S/C41H54FNO6S.C20H24FINO3.C20H30O2/c1-3-4-5-6-7-8-9-10-11-12-13-14-15-16-17-18-19-23-39(44)48-31-49-40(45)28-34-29-43(27-26-38(34)50-32-47-2)30-36-35(21-20-22-37(36)42)41(46)33-24-25-33;1-14-7-8-23(10-16(14)9-22-12-26-13-24)11-18-17(3-2-4-19(18)21)20(25)15-5-6-15;1-2-3-4-5-6-7-8-9-10-11-12-13-14-15-16-17-18-19-20(21)22/h4-5,7-8,10-11,13-14,16-17,20-22,28,33,38H,3,6,9,12,15,18-19,23-27,29-32H2,1-2H3;2-4,9,13-15H,5-8,10-12H2,1H3;3-4,6-7,9-10,12-13,15-16H,2,5,8,11,14,17-19H2,1H3,(H,21,22)/q;-1;/b5-4-,8-7-,11-10-,14-13-,17-16-,34-28-;16-9-;4-3-,7-6-,10-9-,13-12-,16-15-. The zero-order chi connectivity index (χ0) is 70.6. The van der Waals surface area contributed by atoms with E-state index in [0.717, 1.165) is 141 Å². The van der Waals surface area contributed by atoms with Crippen LogP contribution >= 0.6 is 11.8 Å². The number of unbranched alkanes of at least 4 members (excludes halogenated alkanes) is 2. The van der Waals surface area contributed by atoms with E-state index >= 15 is 0 Å². The van der Waals surface area contributed by atoms with Gasteiger partial charge in [-0.2, -0.15) is 0 Å². The Morgan fingerprint density at radius 3 is 1.46 bits per heavy atom. The predicted octanol–water partition coefficient (Wildman–Crippen LogP) is 15.6. The summed E-state index contributed by atoms with van der Waals surface area (Å²) in [5, 5.41) is 8.51. The van der Waals surface area contributed by atoms with Crippen molar-refractivity contribution in [3.63, 3.8) is 0 Å². The molecule has 2 aliphatic carbocycles. The van der Waals surface area contributed by atoms with Crippen LogP contribution in [0.2, 0.25) is 0 Å². The summed E-state index contributed by atoms with van der Waals surface area (Å²) in [4.78, 5) is 75.0. The third kappa shape index (κ3) is 38.1. The first-order valence-electron chi connectivity index (χ1n) is 35.0. The molecule has 4 fully saturated rings. The van der Waals surface area contributed by atoms with Crippen LogP contribution in [0.4, 0.5) is 8.78 Å². The summed E-state index contributed by atoms with van der Waals surface area (Å²) in [5.41, 5.74) is 4.11. The van der Waals surface area contributed by atoms with Crippen molar-refractivity contribution < 1.29 is 82.8 Å². The van der Waals surface area contributed by atoms with Gasteiger partial charge in [-0.25, -0.2) is 9.18 Å². The van der Waals surface area contributed by atoms with Gasteiger partial charge in [0.15, 0.2) is 5.78 Å². The van der Waals surface area contributed by atoms with Crippen LogP contribution in [0.25, 0.3) is 0 Å². The number of halogens is 3. The van der Waals surface area contributed by atoms with Crippen LogP contribution in [0, 0.1) is 29.4 Å². The summed E-state index contributed by atoms with van der Waals surface area (Å²) < 4.78 is 52.5. The number of piperidine rings is 2. The van der Waals surface area contributed by atoms with Gasteiger partial charge in [0.25, 0.3) is 0 Å². The molecule has 2 aromatic carbocycles. The van der Waals surface area contributed by atoms with E-state index in [0.29, 0.717) is 71.3 Å². The van der Waals surface area contributed by atoms with Gasteiger partial charge >= 0.3 is 182 Å². The number of ketones is 2. The quantitative estimate of drug-likeness (QED) is 0.00766. The average Bonchev–Trinajstić information content (AvgIpc) is 1.52. The molecule has 98 heavy (non-hydrogen) atoms. The van der Waals surface area contributed by atoms with Gasteiger partial charge in [-0.05, 0) is 121 Å². The van der Waals surface area contributed by atoms with Gasteiger partial charge < -0.3 is 19.3 Å². The molecule has 2 aliphatic heterocycles. The molecule has 13 nitrogen and oxygen atoms in total. The molecular weight excluding hydrogens is 1370 g/mol. The number of esters is 2. The number of carboxylic acids is 1. The first-order valence-corrected chi connectivity index (χ1v) is 38.9. The fraction of sp³-hybridized carbons (Fsp3) is 0.481. The molecule has 2 aromatic rings. The molecule has 6 rings (SSSR count).